The van der Waals surface area contributed by atoms with Crippen molar-refractivity contribution in [3.63, 3.8) is 0 Å². The van der Waals surface area contributed by atoms with Gasteiger partial charge in [0.1, 0.15) is 33.8 Å². The molecule has 0 unspecified atom stereocenters. The maximum Gasteiger partial charge on any atom is 0.141 e. The molecule has 0 aromatic carbocycles. The van der Waals surface area contributed by atoms with Gasteiger partial charge in [-0.05, 0) is 42.9 Å². The van der Waals surface area contributed by atoms with Gasteiger partial charge in [0, 0.05) is 24.7 Å². The Bertz CT molecular complexity index is 1060. The first-order valence-electron chi connectivity index (χ1n) is 9.50. The highest BCUT2D eigenvalue weighted by Gasteiger charge is 2.43. The van der Waals surface area contributed by atoms with E-state index in [-0.39, 0.29) is 0 Å². The van der Waals surface area contributed by atoms with Crippen LogP contribution in [0.3, 0.4) is 0 Å². The zero-order valence-corrected chi connectivity index (χ0v) is 16.2. The van der Waals surface area contributed by atoms with E-state index in [4.69, 9.17) is 15.7 Å². The minimum Gasteiger partial charge on any atom is -0.398 e. The van der Waals surface area contributed by atoms with Crippen LogP contribution in [0.1, 0.15) is 31.2 Å². The van der Waals surface area contributed by atoms with Crippen LogP contribution in [0.15, 0.2) is 35.8 Å². The van der Waals surface area contributed by atoms with Crippen LogP contribution in [-0.2, 0) is 0 Å². The number of hydrogen-bond donors (Lipinski definition) is 1. The van der Waals surface area contributed by atoms with Gasteiger partial charge in [0.05, 0.1) is 11.4 Å². The molecule has 2 fully saturated rings. The normalized spacial score (nSPS) is 17.5. The molecule has 3 aromatic rings. The van der Waals surface area contributed by atoms with E-state index in [0.717, 1.165) is 23.9 Å². The molecule has 1 aliphatic carbocycles. The summed E-state index contributed by atoms with van der Waals surface area (Å²) in [7, 11) is 0. The summed E-state index contributed by atoms with van der Waals surface area (Å²) in [4.78, 5) is 16.2. The highest BCUT2D eigenvalue weighted by Crippen LogP contribution is 2.48. The van der Waals surface area contributed by atoms with Gasteiger partial charge in [-0.3, -0.25) is 0 Å². The summed E-state index contributed by atoms with van der Waals surface area (Å²) in [6.45, 7) is 2.11. The van der Waals surface area contributed by atoms with Crippen molar-refractivity contribution in [1.82, 2.24) is 15.0 Å². The first kappa shape index (κ1) is 17.1. The van der Waals surface area contributed by atoms with Gasteiger partial charge in [0.15, 0.2) is 0 Å². The van der Waals surface area contributed by atoms with Gasteiger partial charge in [0.2, 0.25) is 0 Å². The van der Waals surface area contributed by atoms with Crippen molar-refractivity contribution in [2.24, 2.45) is 5.41 Å². The number of thiazole rings is 1. The number of hydrogen-bond acceptors (Lipinski definition) is 7. The third-order valence-corrected chi connectivity index (χ3v) is 6.76. The van der Waals surface area contributed by atoms with Crippen molar-refractivity contribution in [1.29, 1.82) is 5.26 Å². The summed E-state index contributed by atoms with van der Waals surface area (Å²) in [5.41, 5.74) is 9.31. The van der Waals surface area contributed by atoms with E-state index in [1.807, 2.05) is 23.6 Å². The second-order valence-electron chi connectivity index (χ2n) is 7.68. The molecule has 0 atom stereocenters. The summed E-state index contributed by atoms with van der Waals surface area (Å²) in [5.74, 6) is 0.949. The lowest BCUT2D eigenvalue weighted by Gasteiger charge is -2.38. The molecule has 0 amide bonds. The largest absolute Gasteiger partial charge is 0.398 e. The molecule has 4 heterocycles. The molecule has 7 heteroatoms. The molecule has 1 spiro atoms. The number of nitrogens with two attached hydrogens (primary N) is 1. The van der Waals surface area contributed by atoms with Crippen molar-refractivity contribution < 1.29 is 0 Å². The Morgan fingerprint density at radius 3 is 2.75 bits per heavy atom. The molecule has 1 saturated heterocycles. The first-order valence-corrected chi connectivity index (χ1v) is 10.4. The summed E-state index contributed by atoms with van der Waals surface area (Å²) >= 11 is 1.49. The van der Waals surface area contributed by atoms with Crippen molar-refractivity contribution in [3.8, 4) is 28.2 Å². The molecular formula is C21H20N6S. The Labute approximate surface area is 167 Å². The number of nitriles is 1. The molecule has 140 valence electrons. The molecule has 3 aromatic heterocycles. The Balaban J connectivity index is 1.55. The average Bonchev–Trinajstić information content (AvgIpc) is 3.37. The highest BCUT2D eigenvalue weighted by atomic mass is 32.1. The molecule has 28 heavy (non-hydrogen) atoms. The smallest absolute Gasteiger partial charge is 0.141 e. The molecule has 0 radical (unpaired) electrons. The number of pyridine rings is 2. The minimum absolute atomic E-state index is 0.363. The zero-order chi connectivity index (χ0) is 19.1. The summed E-state index contributed by atoms with van der Waals surface area (Å²) in [5, 5.41) is 12.3. The Morgan fingerprint density at radius 2 is 2.07 bits per heavy atom. The van der Waals surface area contributed by atoms with Gasteiger partial charge in [0.25, 0.3) is 0 Å². The quantitative estimate of drug-likeness (QED) is 0.726. The fourth-order valence-electron chi connectivity index (χ4n) is 4.27. The van der Waals surface area contributed by atoms with Gasteiger partial charge in [-0.1, -0.05) is 12.5 Å². The highest BCUT2D eigenvalue weighted by molar-refractivity contribution is 7.13. The second-order valence-corrected chi connectivity index (χ2v) is 8.57. The van der Waals surface area contributed by atoms with Crippen molar-refractivity contribution in [2.45, 2.75) is 25.7 Å². The Hall–Kier alpha value is -2.98. The van der Waals surface area contributed by atoms with Gasteiger partial charge in [-0.2, -0.15) is 5.26 Å². The van der Waals surface area contributed by atoms with Crippen LogP contribution < -0.4 is 10.6 Å². The predicted octanol–water partition coefficient (Wildman–Crippen LogP) is 4.10. The lowest BCUT2D eigenvalue weighted by molar-refractivity contribution is 0.165. The van der Waals surface area contributed by atoms with Crippen molar-refractivity contribution in [3.05, 3.63) is 41.4 Å². The van der Waals surface area contributed by atoms with Gasteiger partial charge >= 0.3 is 0 Å². The van der Waals surface area contributed by atoms with Crippen LogP contribution in [0.25, 0.3) is 22.1 Å². The maximum absolute atomic E-state index is 9.65. The summed E-state index contributed by atoms with van der Waals surface area (Å²) in [6, 6.07) is 9.83. The van der Waals surface area contributed by atoms with Crippen molar-refractivity contribution >= 4 is 22.8 Å². The third kappa shape index (κ3) is 2.81. The number of rotatable bonds is 3. The van der Waals surface area contributed by atoms with E-state index in [0.29, 0.717) is 33.7 Å². The summed E-state index contributed by atoms with van der Waals surface area (Å²) < 4.78 is 0. The standard InChI is InChI=1S/C21H20N6S/c22-12-14-15(23)11-17(20-24-8-10-28-20)26-19(14)16-3-1-4-18(25-16)27-9-7-21(13-27)5-2-6-21/h1,3-4,8,10-11H,2,5-7,9,13H2,(H2,23,26). The molecule has 0 bridgehead atoms. The fourth-order valence-corrected chi connectivity index (χ4v) is 4.87. The Kier molecular flexibility index (Phi) is 4.02. The van der Waals surface area contributed by atoms with Crippen LogP contribution in [0.5, 0.6) is 0 Å². The fraction of sp³-hybridized carbons (Fsp3) is 0.333. The van der Waals surface area contributed by atoms with Crippen LogP contribution in [-0.4, -0.2) is 28.0 Å². The monoisotopic (exact) mass is 388 g/mol. The van der Waals surface area contributed by atoms with Gasteiger partial charge in [-0.15, -0.1) is 11.3 Å². The van der Waals surface area contributed by atoms with Crippen molar-refractivity contribution in [2.75, 3.05) is 23.7 Å². The van der Waals surface area contributed by atoms with Crippen LogP contribution in [0, 0.1) is 16.7 Å². The van der Waals surface area contributed by atoms with E-state index in [1.165, 1.54) is 37.0 Å². The number of nitrogens with zero attached hydrogens (tertiary/aromatic N) is 5. The molecule has 5 rings (SSSR count). The van der Waals surface area contributed by atoms with Gasteiger partial charge < -0.3 is 10.6 Å². The van der Waals surface area contributed by atoms with E-state index in [9.17, 15) is 5.26 Å². The lowest BCUT2D eigenvalue weighted by atomic mass is 9.68. The molecule has 2 aliphatic rings. The molecule has 6 nitrogen and oxygen atoms in total. The minimum atomic E-state index is 0.363. The van der Waals surface area contributed by atoms with E-state index in [2.05, 4.69) is 16.0 Å². The topological polar surface area (TPSA) is 91.7 Å². The van der Waals surface area contributed by atoms with Gasteiger partial charge in [-0.25, -0.2) is 15.0 Å². The number of aromatic nitrogens is 3. The molecule has 1 aliphatic heterocycles. The Morgan fingerprint density at radius 1 is 1.18 bits per heavy atom. The maximum atomic E-state index is 9.65. The molecular weight excluding hydrogens is 368 g/mol. The summed E-state index contributed by atoms with van der Waals surface area (Å²) in [6.07, 6.45) is 6.98. The molecule has 2 N–H and O–H groups in total. The van der Waals surface area contributed by atoms with Crippen LogP contribution in [0.4, 0.5) is 11.5 Å². The van der Waals surface area contributed by atoms with Crippen LogP contribution in [0.2, 0.25) is 0 Å². The average molecular weight is 389 g/mol. The van der Waals surface area contributed by atoms with E-state index < -0.39 is 0 Å². The first-order chi connectivity index (χ1) is 13.7. The van der Waals surface area contributed by atoms with E-state index >= 15 is 0 Å². The number of anilines is 2. The SMILES string of the molecule is N#Cc1c(N)cc(-c2nccs2)nc1-c1cccc(N2CCC3(CCC3)C2)n1. The van der Waals surface area contributed by atoms with E-state index in [1.54, 1.807) is 12.3 Å². The predicted molar refractivity (Wildman–Crippen MR) is 111 cm³/mol. The number of nitrogen functional groups attached to an aromatic ring is 1. The third-order valence-electron chi connectivity index (χ3n) is 5.97. The zero-order valence-electron chi connectivity index (χ0n) is 15.4. The molecule has 1 saturated carbocycles. The lowest BCUT2D eigenvalue weighted by Crippen LogP contribution is -2.33. The van der Waals surface area contributed by atoms with Crippen LogP contribution >= 0.6 is 11.3 Å². The second kappa shape index (κ2) is 6.57.